The molecule has 252 valence electrons. The number of phenols is 1. The van der Waals surface area contributed by atoms with Gasteiger partial charge in [0.05, 0.1) is 18.0 Å². The van der Waals surface area contributed by atoms with Crippen molar-refractivity contribution in [1.82, 2.24) is 21.3 Å². The smallest absolute Gasteiger partial charge is 0.326 e. The van der Waals surface area contributed by atoms with Crippen LogP contribution < -0.4 is 31.3 Å². The minimum absolute atomic E-state index is 0.0570. The molecule has 2 aliphatic heterocycles. The first-order valence-corrected chi connectivity index (χ1v) is 15.9. The number of anilines is 1. The summed E-state index contributed by atoms with van der Waals surface area (Å²) < 4.78 is 6.13. The molecule has 5 rings (SSSR count). The van der Waals surface area contributed by atoms with Gasteiger partial charge in [-0.05, 0) is 73.8 Å². The number of piperidine rings is 1. The molecular weight excluding hydrogens is 618 g/mol. The maximum Gasteiger partial charge on any atom is 0.326 e. The van der Waals surface area contributed by atoms with Crippen LogP contribution in [-0.2, 0) is 32.0 Å². The van der Waals surface area contributed by atoms with E-state index in [1.54, 1.807) is 30.3 Å². The van der Waals surface area contributed by atoms with Crippen molar-refractivity contribution in [3.8, 4) is 11.5 Å². The van der Waals surface area contributed by atoms with E-state index in [-0.39, 0.29) is 48.3 Å². The van der Waals surface area contributed by atoms with Gasteiger partial charge in [-0.1, -0.05) is 42.5 Å². The third-order valence-electron chi connectivity index (χ3n) is 8.33. The van der Waals surface area contributed by atoms with E-state index in [1.165, 1.54) is 24.3 Å². The molecule has 4 amide bonds. The van der Waals surface area contributed by atoms with Crippen molar-refractivity contribution in [3.63, 3.8) is 0 Å². The minimum Gasteiger partial charge on any atom is -0.508 e. The van der Waals surface area contributed by atoms with Crippen molar-refractivity contribution in [2.24, 2.45) is 5.92 Å². The highest BCUT2D eigenvalue weighted by Gasteiger charge is 2.30. The van der Waals surface area contributed by atoms with Gasteiger partial charge in [0, 0.05) is 18.0 Å². The molecule has 3 aromatic carbocycles. The molecule has 7 N–H and O–H groups in total. The van der Waals surface area contributed by atoms with Crippen molar-refractivity contribution >= 4 is 35.3 Å². The molecule has 0 aliphatic carbocycles. The molecule has 0 radical (unpaired) electrons. The number of aliphatic carboxylic acids is 1. The van der Waals surface area contributed by atoms with Crippen LogP contribution in [0, 0.1) is 5.92 Å². The van der Waals surface area contributed by atoms with Crippen LogP contribution >= 0.6 is 0 Å². The van der Waals surface area contributed by atoms with Gasteiger partial charge in [-0.3, -0.25) is 19.2 Å². The Morgan fingerprint density at radius 3 is 2.27 bits per heavy atom. The molecule has 3 aromatic rings. The van der Waals surface area contributed by atoms with Gasteiger partial charge < -0.3 is 41.5 Å². The number of benzene rings is 3. The van der Waals surface area contributed by atoms with E-state index in [0.717, 1.165) is 24.2 Å². The number of amides is 4. The fourth-order valence-corrected chi connectivity index (χ4v) is 5.73. The van der Waals surface area contributed by atoms with E-state index in [4.69, 9.17) is 4.74 Å². The van der Waals surface area contributed by atoms with E-state index >= 15 is 0 Å². The highest BCUT2D eigenvalue weighted by atomic mass is 16.5. The number of carboxylic acids is 1. The number of carbonyl (C=O) groups is 5. The number of hydrogen-bond acceptors (Lipinski definition) is 8. The molecule has 0 aromatic heterocycles. The summed E-state index contributed by atoms with van der Waals surface area (Å²) in [5.74, 6) is -3.74. The monoisotopic (exact) mass is 657 g/mol. The van der Waals surface area contributed by atoms with Gasteiger partial charge in [0.1, 0.15) is 30.2 Å². The average Bonchev–Trinajstić information content (AvgIpc) is 3.08. The van der Waals surface area contributed by atoms with Crippen LogP contribution in [0.4, 0.5) is 5.69 Å². The predicted octanol–water partition coefficient (Wildman–Crippen LogP) is 1.75. The van der Waals surface area contributed by atoms with Gasteiger partial charge >= 0.3 is 5.97 Å². The van der Waals surface area contributed by atoms with Crippen molar-refractivity contribution in [2.75, 3.05) is 25.0 Å². The summed E-state index contributed by atoms with van der Waals surface area (Å²) in [6.45, 7) is 1.33. The van der Waals surface area contributed by atoms with E-state index in [9.17, 15) is 34.2 Å². The van der Waals surface area contributed by atoms with Gasteiger partial charge in [0.15, 0.2) is 0 Å². The lowest BCUT2D eigenvalue weighted by Gasteiger charge is -2.26. The normalized spacial score (nSPS) is 20.9. The second-order valence-corrected chi connectivity index (χ2v) is 12.0. The molecule has 0 bridgehead atoms. The molecule has 2 aliphatic rings. The lowest BCUT2D eigenvalue weighted by molar-refractivity contribution is -0.141. The highest BCUT2D eigenvalue weighted by molar-refractivity contribution is 6.02. The molecule has 1 saturated heterocycles. The zero-order valence-corrected chi connectivity index (χ0v) is 26.2. The summed E-state index contributed by atoms with van der Waals surface area (Å²) in [6.07, 6.45) is 1.11. The van der Waals surface area contributed by atoms with E-state index < -0.39 is 48.2 Å². The number of rotatable bonds is 7. The first-order chi connectivity index (χ1) is 23.1. The molecule has 2 heterocycles. The Balaban J connectivity index is 1.46. The van der Waals surface area contributed by atoms with Crippen LogP contribution in [0.15, 0.2) is 72.8 Å². The van der Waals surface area contributed by atoms with Crippen LogP contribution in [0.2, 0.25) is 0 Å². The fourth-order valence-electron chi connectivity index (χ4n) is 5.73. The second-order valence-electron chi connectivity index (χ2n) is 12.0. The predicted molar refractivity (Wildman–Crippen MR) is 175 cm³/mol. The molecule has 0 saturated carbocycles. The summed E-state index contributed by atoms with van der Waals surface area (Å²) in [7, 11) is 0. The number of nitrogens with one attached hydrogen (secondary N) is 5. The lowest BCUT2D eigenvalue weighted by atomic mass is 9.97. The van der Waals surface area contributed by atoms with Gasteiger partial charge in [0.25, 0.3) is 5.91 Å². The molecule has 1 fully saturated rings. The second kappa shape index (κ2) is 15.9. The van der Waals surface area contributed by atoms with E-state index in [0.29, 0.717) is 18.5 Å². The van der Waals surface area contributed by atoms with Gasteiger partial charge in [0.2, 0.25) is 17.7 Å². The van der Waals surface area contributed by atoms with Crippen LogP contribution in [0.3, 0.4) is 0 Å². The zero-order valence-electron chi connectivity index (χ0n) is 26.2. The van der Waals surface area contributed by atoms with Gasteiger partial charge in [-0.2, -0.15) is 0 Å². The number of aromatic hydroxyl groups is 1. The summed E-state index contributed by atoms with van der Waals surface area (Å²) in [4.78, 5) is 65.6. The van der Waals surface area contributed by atoms with Crippen molar-refractivity contribution in [3.05, 3.63) is 89.5 Å². The molecule has 13 heteroatoms. The largest absolute Gasteiger partial charge is 0.508 e. The number of ether oxygens (including phenoxy) is 1. The fraction of sp³-hybridized carbons (Fsp3) is 0.343. The summed E-state index contributed by atoms with van der Waals surface area (Å²) in [5, 5.41) is 33.7. The summed E-state index contributed by atoms with van der Waals surface area (Å²) in [6, 6.07) is 16.7. The first-order valence-electron chi connectivity index (χ1n) is 15.9. The summed E-state index contributed by atoms with van der Waals surface area (Å²) >= 11 is 0. The molecule has 0 spiro atoms. The molecule has 3 atom stereocenters. The molecule has 1 unspecified atom stereocenters. The first kappa shape index (κ1) is 33.9. The molecule has 13 nitrogen and oxygen atoms in total. The maximum atomic E-state index is 13.7. The number of carboxylic acid groups (broad SMARTS) is 1. The maximum absolute atomic E-state index is 13.7. The van der Waals surface area contributed by atoms with E-state index in [1.807, 2.05) is 18.2 Å². The zero-order chi connectivity index (χ0) is 34.0. The molecule has 48 heavy (non-hydrogen) atoms. The Hall–Kier alpha value is -5.43. The van der Waals surface area contributed by atoms with Crippen molar-refractivity contribution in [1.29, 1.82) is 0 Å². The Morgan fingerprint density at radius 2 is 1.56 bits per heavy atom. The number of carbonyl (C=O) groups excluding carboxylic acids is 4. The highest BCUT2D eigenvalue weighted by Crippen LogP contribution is 2.25. The third-order valence-corrected chi connectivity index (χ3v) is 8.33. The van der Waals surface area contributed by atoms with Crippen LogP contribution in [0.25, 0.3) is 0 Å². The SMILES string of the molecule is O=C1C[C@@H](C(=O)O)NC(=O)c2cc(NC(=O)C3CCNCC3)ccc2OCC(Cc2ccc(O)cc2)NC(=O)[C@H](Cc2ccccc2)N1. The van der Waals surface area contributed by atoms with Crippen LogP contribution in [0.5, 0.6) is 11.5 Å². The van der Waals surface area contributed by atoms with Crippen LogP contribution in [-0.4, -0.2) is 77.6 Å². The number of fused-ring (bicyclic) bond motifs is 1. The molecular formula is C35H39N5O8. The summed E-state index contributed by atoms with van der Waals surface area (Å²) in [5.41, 5.74) is 1.81. The van der Waals surface area contributed by atoms with Crippen molar-refractivity contribution < 1.29 is 38.9 Å². The number of hydrogen-bond donors (Lipinski definition) is 7. The minimum atomic E-state index is -1.62. The standard InChI is InChI=1S/C35H39N5O8/c41-26-9-6-22(7-10-26)16-25-20-48-30-11-8-24(37-32(43)23-12-14-36-15-13-23)18-27(30)33(44)40-29(35(46)47)19-31(42)39-28(34(45)38-25)17-21-4-2-1-3-5-21/h1-11,18,23,25,28-29,36,41H,12-17,19-20H2,(H,37,43)(H,38,45)(H,39,42)(H,40,44)(H,46,47)/t25?,28-,29-/m0/s1. The average molecular weight is 658 g/mol. The number of phenolic OH excluding ortho intramolecular Hbond substituents is 1. The topological polar surface area (TPSA) is 195 Å². The van der Waals surface area contributed by atoms with Crippen molar-refractivity contribution in [2.45, 2.75) is 50.2 Å². The van der Waals surface area contributed by atoms with Gasteiger partial charge in [-0.15, -0.1) is 0 Å². The third kappa shape index (κ3) is 9.32. The lowest BCUT2D eigenvalue weighted by Crippen LogP contribution is -2.54. The Kier molecular flexibility index (Phi) is 11.2. The van der Waals surface area contributed by atoms with E-state index in [2.05, 4.69) is 26.6 Å². The van der Waals surface area contributed by atoms with Crippen LogP contribution in [0.1, 0.15) is 40.7 Å². The Bertz CT molecular complexity index is 1630. The van der Waals surface area contributed by atoms with Gasteiger partial charge in [-0.25, -0.2) is 4.79 Å². The Labute approximate surface area is 277 Å². The quantitative estimate of drug-likeness (QED) is 0.198. The Morgan fingerprint density at radius 1 is 0.854 bits per heavy atom.